The first-order valence-corrected chi connectivity index (χ1v) is 24.9. The first-order chi connectivity index (χ1) is 27.0. The molecule has 0 N–H and O–H groups in total. The molecule has 0 saturated carbocycles. The van der Waals surface area contributed by atoms with Crippen LogP contribution in [0.2, 0.25) is 0 Å². The van der Waals surface area contributed by atoms with E-state index in [2.05, 4.69) is 26.0 Å². The maximum atomic E-state index is 12.7. The second-order valence-corrected chi connectivity index (χ2v) is 18.5. The SMILES string of the molecule is CCCCCC/C=C/CCCCCCCCCC(=O)O[C@H](COC(=O)CCCCCCCCCCCCCCCCCCC)COP(=O)([O-])OCC[N+](C)(C)C. The van der Waals surface area contributed by atoms with E-state index in [1.807, 2.05) is 21.1 Å². The van der Waals surface area contributed by atoms with E-state index in [4.69, 9.17) is 18.5 Å². The van der Waals surface area contributed by atoms with E-state index in [9.17, 15) is 19.0 Å². The third kappa shape index (κ3) is 42.4. The van der Waals surface area contributed by atoms with E-state index < -0.39 is 26.5 Å². The van der Waals surface area contributed by atoms with Crippen LogP contribution in [0, 0.1) is 0 Å². The van der Waals surface area contributed by atoms with Gasteiger partial charge >= 0.3 is 11.9 Å². The minimum atomic E-state index is -4.62. The van der Waals surface area contributed by atoms with Gasteiger partial charge in [0.05, 0.1) is 27.7 Å². The van der Waals surface area contributed by atoms with Crippen molar-refractivity contribution in [1.82, 2.24) is 0 Å². The van der Waals surface area contributed by atoms with Gasteiger partial charge in [-0.15, -0.1) is 0 Å². The molecule has 0 saturated heterocycles. The van der Waals surface area contributed by atoms with Gasteiger partial charge in [0.2, 0.25) is 0 Å². The van der Waals surface area contributed by atoms with E-state index in [1.165, 1.54) is 141 Å². The number of esters is 2. The van der Waals surface area contributed by atoms with Gasteiger partial charge in [-0.2, -0.15) is 0 Å². The molecule has 2 atom stereocenters. The Morgan fingerprint density at radius 3 is 1.34 bits per heavy atom. The lowest BCUT2D eigenvalue weighted by Gasteiger charge is -2.28. The molecule has 0 aromatic carbocycles. The minimum absolute atomic E-state index is 0.0285. The zero-order valence-electron chi connectivity index (χ0n) is 37.3. The largest absolute Gasteiger partial charge is 0.756 e. The molecular formula is C46H90NO8P. The third-order valence-corrected chi connectivity index (χ3v) is 11.2. The lowest BCUT2D eigenvalue weighted by Crippen LogP contribution is -2.37. The van der Waals surface area contributed by atoms with Crippen molar-refractivity contribution >= 4 is 19.8 Å². The summed E-state index contributed by atoms with van der Waals surface area (Å²) in [6.45, 7) is 4.24. The second kappa shape index (κ2) is 39.2. The number of carbonyl (C=O) groups is 2. The molecule has 0 aromatic heterocycles. The molecule has 0 fully saturated rings. The highest BCUT2D eigenvalue weighted by Gasteiger charge is 2.21. The fourth-order valence-electron chi connectivity index (χ4n) is 6.59. The Hall–Kier alpha value is -1.25. The average Bonchev–Trinajstić information content (AvgIpc) is 3.15. The lowest BCUT2D eigenvalue weighted by molar-refractivity contribution is -0.870. The molecule has 0 spiro atoms. The molecule has 0 radical (unpaired) electrons. The number of ether oxygens (including phenoxy) is 2. The molecular weight excluding hydrogens is 725 g/mol. The third-order valence-electron chi connectivity index (χ3n) is 10.3. The zero-order valence-corrected chi connectivity index (χ0v) is 38.2. The van der Waals surface area contributed by atoms with Crippen LogP contribution in [-0.4, -0.2) is 70.0 Å². The van der Waals surface area contributed by atoms with Gasteiger partial charge in [-0.1, -0.05) is 180 Å². The number of hydrogen-bond donors (Lipinski definition) is 0. The molecule has 0 heterocycles. The van der Waals surface area contributed by atoms with Crippen LogP contribution in [-0.2, 0) is 32.7 Å². The molecule has 9 nitrogen and oxygen atoms in total. The number of phosphoric acid groups is 1. The number of phosphoric ester groups is 1. The molecule has 0 bridgehead atoms. The topological polar surface area (TPSA) is 111 Å². The van der Waals surface area contributed by atoms with Gasteiger partial charge in [0, 0.05) is 12.8 Å². The van der Waals surface area contributed by atoms with Crippen molar-refractivity contribution in [2.45, 2.75) is 225 Å². The van der Waals surface area contributed by atoms with Crippen molar-refractivity contribution in [1.29, 1.82) is 0 Å². The van der Waals surface area contributed by atoms with E-state index in [1.54, 1.807) is 0 Å². The number of carbonyl (C=O) groups excluding carboxylic acids is 2. The van der Waals surface area contributed by atoms with Gasteiger partial charge in [-0.3, -0.25) is 14.2 Å². The van der Waals surface area contributed by atoms with Crippen LogP contribution >= 0.6 is 7.82 Å². The quantitative estimate of drug-likeness (QED) is 0.0197. The van der Waals surface area contributed by atoms with Crippen LogP contribution in [0.4, 0.5) is 0 Å². The van der Waals surface area contributed by atoms with Crippen LogP contribution in [0.25, 0.3) is 0 Å². The van der Waals surface area contributed by atoms with Crippen LogP contribution in [0.15, 0.2) is 12.2 Å². The summed E-state index contributed by atoms with van der Waals surface area (Å²) in [4.78, 5) is 37.6. The summed E-state index contributed by atoms with van der Waals surface area (Å²) in [6, 6.07) is 0. The molecule has 1 unspecified atom stereocenters. The molecule has 332 valence electrons. The van der Waals surface area contributed by atoms with Crippen LogP contribution in [0.1, 0.15) is 219 Å². The highest BCUT2D eigenvalue weighted by Crippen LogP contribution is 2.38. The number of unbranched alkanes of at least 4 members (excludes halogenated alkanes) is 27. The van der Waals surface area contributed by atoms with Gasteiger partial charge in [0.25, 0.3) is 7.82 Å². The Bertz CT molecular complexity index is 969. The first kappa shape index (κ1) is 54.8. The van der Waals surface area contributed by atoms with Crippen molar-refractivity contribution in [3.8, 4) is 0 Å². The summed E-state index contributed by atoms with van der Waals surface area (Å²) in [7, 11) is 1.17. The number of rotatable bonds is 43. The van der Waals surface area contributed by atoms with Crippen molar-refractivity contribution in [3.63, 3.8) is 0 Å². The molecule has 0 amide bonds. The number of allylic oxidation sites excluding steroid dienone is 2. The van der Waals surface area contributed by atoms with Crippen molar-refractivity contribution in [2.75, 3.05) is 47.5 Å². The first-order valence-electron chi connectivity index (χ1n) is 23.4. The molecule has 0 aliphatic heterocycles. The smallest absolute Gasteiger partial charge is 0.306 e. The molecule has 10 heteroatoms. The van der Waals surface area contributed by atoms with Crippen molar-refractivity contribution in [3.05, 3.63) is 12.2 Å². The highest BCUT2D eigenvalue weighted by atomic mass is 31.2. The Kier molecular flexibility index (Phi) is 38.3. The molecule has 56 heavy (non-hydrogen) atoms. The van der Waals surface area contributed by atoms with Crippen LogP contribution in [0.3, 0.4) is 0 Å². The number of hydrogen-bond acceptors (Lipinski definition) is 8. The summed E-state index contributed by atoms with van der Waals surface area (Å²) >= 11 is 0. The number of nitrogens with zero attached hydrogens (tertiary/aromatic N) is 1. The maximum Gasteiger partial charge on any atom is 0.306 e. The minimum Gasteiger partial charge on any atom is -0.756 e. The summed E-state index contributed by atoms with van der Waals surface area (Å²) in [6.07, 6.45) is 40.9. The second-order valence-electron chi connectivity index (χ2n) is 17.1. The van der Waals surface area contributed by atoms with Crippen LogP contribution in [0.5, 0.6) is 0 Å². The van der Waals surface area contributed by atoms with Gasteiger partial charge in [0.15, 0.2) is 6.10 Å². The van der Waals surface area contributed by atoms with Gasteiger partial charge < -0.3 is 27.9 Å². The summed E-state index contributed by atoms with van der Waals surface area (Å²) in [5.41, 5.74) is 0. The molecule has 0 rings (SSSR count). The Labute approximate surface area is 346 Å². The summed E-state index contributed by atoms with van der Waals surface area (Å²) < 4.78 is 34.0. The van der Waals surface area contributed by atoms with E-state index >= 15 is 0 Å². The van der Waals surface area contributed by atoms with Crippen LogP contribution < -0.4 is 4.89 Å². The summed E-state index contributed by atoms with van der Waals surface area (Å²) in [5.74, 6) is -0.828. The number of likely N-dealkylation sites (N-methyl/N-ethyl adjacent to an activating group) is 1. The number of quaternary nitrogens is 1. The Balaban J connectivity index is 4.29. The predicted molar refractivity (Wildman–Crippen MR) is 231 cm³/mol. The fraction of sp³-hybridized carbons (Fsp3) is 0.913. The molecule has 0 aromatic rings. The summed E-state index contributed by atoms with van der Waals surface area (Å²) in [5, 5.41) is 0. The van der Waals surface area contributed by atoms with E-state index in [0.717, 1.165) is 44.9 Å². The average molecular weight is 816 g/mol. The van der Waals surface area contributed by atoms with Crippen molar-refractivity contribution < 1.29 is 42.1 Å². The fourth-order valence-corrected chi connectivity index (χ4v) is 7.32. The monoisotopic (exact) mass is 816 g/mol. The lowest BCUT2D eigenvalue weighted by atomic mass is 10.0. The van der Waals surface area contributed by atoms with Crippen molar-refractivity contribution in [2.24, 2.45) is 0 Å². The highest BCUT2D eigenvalue weighted by molar-refractivity contribution is 7.45. The standard InChI is InChI=1S/C46H90NO8P/c1-6-8-10-12-14-16-18-20-22-23-25-26-28-30-32-34-36-38-45(48)52-42-44(43-54-56(50,51)53-41-40-47(3,4)5)55-46(49)39-37-35-33-31-29-27-24-21-19-17-15-13-11-9-7-2/h17,19,44H,6-16,18,20-43H2,1-5H3/b19-17+/t44-/m1/s1. The maximum absolute atomic E-state index is 12.7. The molecule has 0 aliphatic rings. The normalized spacial score (nSPS) is 13.6. The van der Waals surface area contributed by atoms with E-state index in [-0.39, 0.29) is 32.0 Å². The Morgan fingerprint density at radius 1 is 0.536 bits per heavy atom. The zero-order chi connectivity index (χ0) is 41.4. The molecule has 0 aliphatic carbocycles. The van der Waals surface area contributed by atoms with Gasteiger partial charge in [-0.05, 0) is 38.5 Å². The van der Waals surface area contributed by atoms with Gasteiger partial charge in [-0.25, -0.2) is 0 Å². The Morgan fingerprint density at radius 2 is 0.911 bits per heavy atom. The van der Waals surface area contributed by atoms with E-state index in [0.29, 0.717) is 17.4 Å². The van der Waals surface area contributed by atoms with Gasteiger partial charge in [0.1, 0.15) is 19.8 Å². The predicted octanol–water partition coefficient (Wildman–Crippen LogP) is 12.7.